The third-order valence-electron chi connectivity index (χ3n) is 2.78. The first-order valence-electron chi connectivity index (χ1n) is 6.35. The predicted molar refractivity (Wildman–Crippen MR) is 77.0 cm³/mol. The Morgan fingerprint density at radius 2 is 1.86 bits per heavy atom. The highest BCUT2D eigenvalue weighted by molar-refractivity contribution is 7.89. The van der Waals surface area contributed by atoms with Crippen molar-refractivity contribution in [1.82, 2.24) is 0 Å². The zero-order chi connectivity index (χ0) is 16.2. The van der Waals surface area contributed by atoms with Crippen molar-refractivity contribution in [3.8, 4) is 5.75 Å². The van der Waals surface area contributed by atoms with Gasteiger partial charge < -0.3 is 13.9 Å². The summed E-state index contributed by atoms with van der Waals surface area (Å²) < 4.78 is 37.5. The Morgan fingerprint density at radius 1 is 1.18 bits per heavy atom. The third-order valence-corrected chi connectivity index (χ3v) is 3.71. The molecule has 0 saturated carbocycles. The number of hydrogen-bond acceptors (Lipinski definition) is 6. The first kappa shape index (κ1) is 16.1. The van der Waals surface area contributed by atoms with E-state index in [1.54, 1.807) is 13.0 Å². The van der Waals surface area contributed by atoms with Gasteiger partial charge in [-0.3, -0.25) is 0 Å². The maximum absolute atomic E-state index is 11.6. The minimum atomic E-state index is -3.72. The van der Waals surface area contributed by atoms with Crippen LogP contribution in [0.5, 0.6) is 5.75 Å². The van der Waals surface area contributed by atoms with E-state index in [-0.39, 0.29) is 23.9 Å². The Labute approximate surface area is 127 Å². The van der Waals surface area contributed by atoms with E-state index >= 15 is 0 Å². The fourth-order valence-electron chi connectivity index (χ4n) is 1.67. The van der Waals surface area contributed by atoms with Crippen LogP contribution in [0.4, 0.5) is 0 Å². The average Bonchev–Trinajstić information content (AvgIpc) is 2.89. The first-order valence-corrected chi connectivity index (χ1v) is 7.89. The predicted octanol–water partition coefficient (Wildman–Crippen LogP) is 1.47. The number of hydrogen-bond donors (Lipinski definition) is 1. The van der Waals surface area contributed by atoms with E-state index in [0.29, 0.717) is 11.3 Å². The number of ether oxygens (including phenoxy) is 2. The van der Waals surface area contributed by atoms with Crippen molar-refractivity contribution in [2.75, 3.05) is 13.2 Å². The normalized spacial score (nSPS) is 11.2. The van der Waals surface area contributed by atoms with E-state index in [4.69, 9.17) is 19.0 Å². The van der Waals surface area contributed by atoms with Gasteiger partial charge in [0.2, 0.25) is 15.8 Å². The Bertz CT molecular complexity index is 748. The SMILES string of the molecule is Cc1ccoc1C(=O)OCCOc1ccc(S(N)(=O)=O)cc1. The van der Waals surface area contributed by atoms with Gasteiger partial charge in [0.25, 0.3) is 0 Å². The zero-order valence-corrected chi connectivity index (χ0v) is 12.6. The van der Waals surface area contributed by atoms with E-state index in [1.165, 1.54) is 30.5 Å². The number of nitrogens with two attached hydrogens (primary N) is 1. The highest BCUT2D eigenvalue weighted by Crippen LogP contribution is 2.15. The number of rotatable bonds is 6. The molecular formula is C14H15NO6S. The van der Waals surface area contributed by atoms with Crippen LogP contribution in [0.25, 0.3) is 0 Å². The standard InChI is InChI=1S/C14H15NO6S/c1-10-6-7-20-13(10)14(16)21-9-8-19-11-2-4-12(5-3-11)22(15,17)18/h2-7H,8-9H2,1H3,(H2,15,17,18). The maximum Gasteiger partial charge on any atom is 0.374 e. The summed E-state index contributed by atoms with van der Waals surface area (Å²) in [5.74, 6) is 0.0470. The van der Waals surface area contributed by atoms with E-state index < -0.39 is 16.0 Å². The van der Waals surface area contributed by atoms with E-state index in [1.807, 2.05) is 0 Å². The third kappa shape index (κ3) is 4.09. The van der Waals surface area contributed by atoms with E-state index in [2.05, 4.69) is 0 Å². The van der Waals surface area contributed by atoms with Gasteiger partial charge in [-0.15, -0.1) is 0 Å². The lowest BCUT2D eigenvalue weighted by Crippen LogP contribution is -2.13. The molecule has 8 heteroatoms. The molecule has 22 heavy (non-hydrogen) atoms. The minimum Gasteiger partial charge on any atom is -0.490 e. The minimum absolute atomic E-state index is 0.000396. The molecule has 7 nitrogen and oxygen atoms in total. The molecular weight excluding hydrogens is 310 g/mol. The molecule has 0 radical (unpaired) electrons. The maximum atomic E-state index is 11.6. The fraction of sp³-hybridized carbons (Fsp3) is 0.214. The van der Waals surface area contributed by atoms with Crippen molar-refractivity contribution in [1.29, 1.82) is 0 Å². The van der Waals surface area contributed by atoms with Crippen molar-refractivity contribution >= 4 is 16.0 Å². The smallest absolute Gasteiger partial charge is 0.374 e. The molecule has 0 saturated heterocycles. The second kappa shape index (κ2) is 6.63. The monoisotopic (exact) mass is 325 g/mol. The second-order valence-corrected chi connectivity index (χ2v) is 5.99. The molecule has 118 valence electrons. The molecule has 2 N–H and O–H groups in total. The molecule has 2 aromatic rings. The number of primary sulfonamides is 1. The highest BCUT2D eigenvalue weighted by atomic mass is 32.2. The number of carbonyl (C=O) groups excluding carboxylic acids is 1. The highest BCUT2D eigenvalue weighted by Gasteiger charge is 2.13. The van der Waals surface area contributed by atoms with Crippen molar-refractivity contribution < 1.29 is 27.1 Å². The quantitative estimate of drug-likeness (QED) is 0.636. The first-order chi connectivity index (χ1) is 10.4. The zero-order valence-electron chi connectivity index (χ0n) is 11.8. The summed E-state index contributed by atoms with van der Waals surface area (Å²) in [5.41, 5.74) is 0.699. The van der Waals surface area contributed by atoms with Gasteiger partial charge in [-0.2, -0.15) is 0 Å². The number of benzene rings is 1. The molecule has 1 heterocycles. The number of carbonyl (C=O) groups is 1. The van der Waals surface area contributed by atoms with Crippen LogP contribution in [0, 0.1) is 6.92 Å². The number of aryl methyl sites for hydroxylation is 1. The molecule has 0 bridgehead atoms. The molecule has 0 spiro atoms. The Balaban J connectivity index is 1.80. The summed E-state index contributed by atoms with van der Waals surface area (Å²) in [7, 11) is -3.72. The lowest BCUT2D eigenvalue weighted by molar-refractivity contribution is 0.0414. The van der Waals surface area contributed by atoms with Crippen molar-refractivity contribution in [3.63, 3.8) is 0 Å². The number of sulfonamides is 1. The molecule has 0 unspecified atom stereocenters. The summed E-state index contributed by atoms with van der Waals surface area (Å²) in [5, 5.41) is 4.99. The van der Waals surface area contributed by atoms with Crippen LogP contribution in [0.15, 0.2) is 45.9 Å². The van der Waals surface area contributed by atoms with Gasteiger partial charge in [-0.25, -0.2) is 18.4 Å². The summed E-state index contributed by atoms with van der Waals surface area (Å²) in [6.07, 6.45) is 1.41. The van der Waals surface area contributed by atoms with Gasteiger partial charge in [0.15, 0.2) is 0 Å². The van der Waals surface area contributed by atoms with Gasteiger partial charge in [0.05, 0.1) is 11.2 Å². The van der Waals surface area contributed by atoms with Crippen molar-refractivity contribution in [3.05, 3.63) is 47.9 Å². The lowest BCUT2D eigenvalue weighted by atomic mass is 10.3. The summed E-state index contributed by atoms with van der Waals surface area (Å²) in [6, 6.07) is 7.28. The Kier molecular flexibility index (Phi) is 4.84. The molecule has 2 rings (SSSR count). The van der Waals surface area contributed by atoms with Gasteiger partial charge in [-0.1, -0.05) is 0 Å². The summed E-state index contributed by atoms with van der Waals surface area (Å²) in [4.78, 5) is 11.6. The molecule has 1 aromatic carbocycles. The van der Waals surface area contributed by atoms with Gasteiger partial charge >= 0.3 is 5.97 Å². The molecule has 0 aliphatic heterocycles. The van der Waals surface area contributed by atoms with Crippen molar-refractivity contribution in [2.45, 2.75) is 11.8 Å². The lowest BCUT2D eigenvalue weighted by Gasteiger charge is -2.07. The van der Waals surface area contributed by atoms with Gasteiger partial charge in [0.1, 0.15) is 19.0 Å². The van der Waals surface area contributed by atoms with E-state index in [0.717, 1.165) is 0 Å². The van der Waals surface area contributed by atoms with E-state index in [9.17, 15) is 13.2 Å². The summed E-state index contributed by atoms with van der Waals surface area (Å²) in [6.45, 7) is 1.90. The Morgan fingerprint density at radius 3 is 2.41 bits per heavy atom. The molecule has 0 aliphatic rings. The van der Waals surface area contributed by atoms with Crippen LogP contribution in [-0.4, -0.2) is 27.6 Å². The number of furan rings is 1. The van der Waals surface area contributed by atoms with Crippen LogP contribution in [-0.2, 0) is 14.8 Å². The molecule has 0 fully saturated rings. The molecule has 0 amide bonds. The fourth-order valence-corrected chi connectivity index (χ4v) is 2.18. The number of esters is 1. The van der Waals surface area contributed by atoms with Crippen LogP contribution in [0.1, 0.15) is 16.1 Å². The van der Waals surface area contributed by atoms with Crippen LogP contribution < -0.4 is 9.88 Å². The average molecular weight is 325 g/mol. The van der Waals surface area contributed by atoms with Crippen LogP contribution >= 0.6 is 0 Å². The topological polar surface area (TPSA) is 109 Å². The Hall–Kier alpha value is -2.32. The van der Waals surface area contributed by atoms with Gasteiger partial charge in [0, 0.05) is 5.56 Å². The van der Waals surface area contributed by atoms with Crippen molar-refractivity contribution in [2.24, 2.45) is 5.14 Å². The molecule has 0 atom stereocenters. The molecule has 0 aliphatic carbocycles. The largest absolute Gasteiger partial charge is 0.490 e. The van der Waals surface area contributed by atoms with Crippen LogP contribution in [0.3, 0.4) is 0 Å². The summed E-state index contributed by atoms with van der Waals surface area (Å²) >= 11 is 0. The van der Waals surface area contributed by atoms with Gasteiger partial charge in [-0.05, 0) is 37.3 Å². The van der Waals surface area contributed by atoms with Crippen LogP contribution in [0.2, 0.25) is 0 Å². The second-order valence-electron chi connectivity index (χ2n) is 4.43. The molecule has 1 aromatic heterocycles.